The van der Waals surface area contributed by atoms with Crippen LogP contribution in [0.3, 0.4) is 0 Å². The quantitative estimate of drug-likeness (QED) is 0.848. The van der Waals surface area contributed by atoms with Crippen molar-refractivity contribution in [2.24, 2.45) is 0 Å². The van der Waals surface area contributed by atoms with E-state index in [2.05, 4.69) is 4.98 Å². The van der Waals surface area contributed by atoms with Crippen molar-refractivity contribution in [3.05, 3.63) is 45.9 Å². The Morgan fingerprint density at radius 3 is 2.60 bits per heavy atom. The molecule has 0 aliphatic carbocycles. The lowest BCUT2D eigenvalue weighted by Crippen LogP contribution is -2.23. The van der Waals surface area contributed by atoms with Crippen LogP contribution in [0.4, 0.5) is 5.69 Å². The Labute approximate surface area is 116 Å². The van der Waals surface area contributed by atoms with Crippen molar-refractivity contribution in [1.29, 1.82) is 0 Å². The molecule has 0 atom stereocenters. The Morgan fingerprint density at radius 1 is 1.20 bits per heavy atom. The van der Waals surface area contributed by atoms with E-state index in [9.17, 15) is 4.79 Å². The molecule has 2 N–H and O–H groups in total. The fourth-order valence-corrected chi connectivity index (χ4v) is 1.97. The van der Waals surface area contributed by atoms with Crippen LogP contribution in [0.2, 0.25) is 0 Å². The van der Waals surface area contributed by atoms with Gasteiger partial charge in [-0.2, -0.15) is 0 Å². The number of aromatic nitrogens is 2. The first-order valence-electron chi connectivity index (χ1n) is 6.09. The highest BCUT2D eigenvalue weighted by molar-refractivity contribution is 5.47. The summed E-state index contributed by atoms with van der Waals surface area (Å²) in [6.45, 7) is 2.06. The van der Waals surface area contributed by atoms with Crippen molar-refractivity contribution in [2.75, 3.05) is 20.0 Å². The van der Waals surface area contributed by atoms with Crippen LogP contribution in [-0.4, -0.2) is 23.8 Å². The third-order valence-electron chi connectivity index (χ3n) is 2.85. The van der Waals surface area contributed by atoms with Gasteiger partial charge in [0.1, 0.15) is 5.75 Å². The van der Waals surface area contributed by atoms with Crippen molar-refractivity contribution in [1.82, 2.24) is 9.55 Å². The van der Waals surface area contributed by atoms with Gasteiger partial charge in [0.15, 0.2) is 0 Å². The molecule has 6 heteroatoms. The predicted molar refractivity (Wildman–Crippen MR) is 76.3 cm³/mol. The smallest absolute Gasteiger partial charge is 0.299 e. The molecule has 0 aliphatic heterocycles. The molecule has 0 saturated heterocycles. The number of nitrogens with two attached hydrogens (primary N) is 1. The summed E-state index contributed by atoms with van der Waals surface area (Å²) in [6.07, 6.45) is 0. The number of benzene rings is 1. The highest BCUT2D eigenvalue weighted by Gasteiger charge is 2.09. The number of nitrogens with zero attached hydrogens (tertiary/aromatic N) is 2. The second-order valence-electron chi connectivity index (χ2n) is 4.42. The van der Waals surface area contributed by atoms with Crippen LogP contribution in [0, 0.1) is 6.92 Å². The molecule has 2 rings (SSSR count). The first-order valence-corrected chi connectivity index (χ1v) is 6.09. The highest BCUT2D eigenvalue weighted by Crippen LogP contribution is 2.20. The third-order valence-corrected chi connectivity index (χ3v) is 2.85. The van der Waals surface area contributed by atoms with Gasteiger partial charge in [-0.3, -0.25) is 9.36 Å². The molecule has 0 aliphatic rings. The summed E-state index contributed by atoms with van der Waals surface area (Å²) in [6, 6.07) is 7.07. The second-order valence-corrected chi connectivity index (χ2v) is 4.42. The van der Waals surface area contributed by atoms with Crippen LogP contribution >= 0.6 is 0 Å². The van der Waals surface area contributed by atoms with Crippen molar-refractivity contribution in [2.45, 2.75) is 13.5 Å². The molecule has 1 aromatic heterocycles. The molecular formula is C14H17N3O3. The van der Waals surface area contributed by atoms with E-state index >= 15 is 0 Å². The van der Waals surface area contributed by atoms with Crippen LogP contribution in [0.15, 0.2) is 29.1 Å². The molecule has 2 aromatic rings. The van der Waals surface area contributed by atoms with Gasteiger partial charge in [-0.05, 0) is 24.6 Å². The van der Waals surface area contributed by atoms with E-state index in [-0.39, 0.29) is 11.6 Å². The van der Waals surface area contributed by atoms with E-state index in [4.69, 9.17) is 15.2 Å². The molecule has 0 fully saturated rings. The van der Waals surface area contributed by atoms with E-state index < -0.39 is 0 Å². The summed E-state index contributed by atoms with van der Waals surface area (Å²) in [5, 5.41) is 0. The minimum Gasteiger partial charge on any atom is -0.497 e. The number of methoxy groups -OCH3 is 2. The third kappa shape index (κ3) is 2.90. The van der Waals surface area contributed by atoms with Gasteiger partial charge in [-0.25, -0.2) is 4.98 Å². The molecule has 20 heavy (non-hydrogen) atoms. The van der Waals surface area contributed by atoms with Gasteiger partial charge in [0.05, 0.1) is 20.8 Å². The average Bonchev–Trinajstić information content (AvgIpc) is 2.40. The predicted octanol–water partition coefficient (Wildman–Crippen LogP) is 1.20. The number of ether oxygens (including phenoxy) is 2. The summed E-state index contributed by atoms with van der Waals surface area (Å²) in [7, 11) is 3.05. The maximum Gasteiger partial charge on any atom is 0.299 e. The van der Waals surface area contributed by atoms with E-state index in [1.165, 1.54) is 17.7 Å². The van der Waals surface area contributed by atoms with E-state index in [0.29, 0.717) is 23.7 Å². The molecule has 0 saturated carbocycles. The van der Waals surface area contributed by atoms with Crippen molar-refractivity contribution in [3.8, 4) is 11.8 Å². The van der Waals surface area contributed by atoms with Crippen LogP contribution in [0.1, 0.15) is 11.3 Å². The van der Waals surface area contributed by atoms with Gasteiger partial charge in [0.2, 0.25) is 0 Å². The number of hydrogen-bond acceptors (Lipinski definition) is 5. The monoisotopic (exact) mass is 275 g/mol. The lowest BCUT2D eigenvalue weighted by Gasteiger charge is -2.12. The summed E-state index contributed by atoms with van der Waals surface area (Å²) in [5.41, 5.74) is 7.67. The highest BCUT2D eigenvalue weighted by atomic mass is 16.5. The van der Waals surface area contributed by atoms with Gasteiger partial charge in [0.25, 0.3) is 11.6 Å². The lowest BCUT2D eigenvalue weighted by atomic mass is 10.2. The standard InChI is InChI=1S/C14H17N3O3/c1-9-4-13(18)17(14(16-9)20-3)8-10-5-11(15)7-12(6-10)19-2/h4-7H,8,15H2,1-3H3. The molecule has 0 amide bonds. The summed E-state index contributed by atoms with van der Waals surface area (Å²) in [4.78, 5) is 16.2. The average molecular weight is 275 g/mol. The Balaban J connectivity index is 2.44. The fraction of sp³-hybridized carbons (Fsp3) is 0.286. The maximum absolute atomic E-state index is 12.0. The molecule has 0 radical (unpaired) electrons. The molecule has 0 unspecified atom stereocenters. The van der Waals surface area contributed by atoms with Crippen LogP contribution in [0.25, 0.3) is 0 Å². The number of nitrogen functional groups attached to an aromatic ring is 1. The first-order chi connectivity index (χ1) is 9.53. The summed E-state index contributed by atoms with van der Waals surface area (Å²) >= 11 is 0. The summed E-state index contributed by atoms with van der Waals surface area (Å²) in [5.74, 6) is 0.645. The molecule has 0 bridgehead atoms. The van der Waals surface area contributed by atoms with Gasteiger partial charge < -0.3 is 15.2 Å². The van der Waals surface area contributed by atoms with Crippen molar-refractivity contribution < 1.29 is 9.47 Å². The number of anilines is 1. The minimum absolute atomic E-state index is 0.171. The zero-order valence-corrected chi connectivity index (χ0v) is 11.7. The van der Waals surface area contributed by atoms with Crippen LogP contribution in [0.5, 0.6) is 11.8 Å². The largest absolute Gasteiger partial charge is 0.497 e. The van der Waals surface area contributed by atoms with Gasteiger partial charge in [-0.15, -0.1) is 0 Å². The molecule has 1 aromatic carbocycles. The number of aryl methyl sites for hydroxylation is 1. The molecule has 6 nitrogen and oxygen atoms in total. The van der Waals surface area contributed by atoms with Crippen molar-refractivity contribution >= 4 is 5.69 Å². The fourth-order valence-electron chi connectivity index (χ4n) is 1.97. The Morgan fingerprint density at radius 2 is 1.95 bits per heavy atom. The lowest BCUT2D eigenvalue weighted by molar-refractivity contribution is 0.349. The molecular weight excluding hydrogens is 258 g/mol. The molecule has 0 spiro atoms. The number of hydrogen-bond donors (Lipinski definition) is 1. The zero-order valence-electron chi connectivity index (χ0n) is 11.7. The first kappa shape index (κ1) is 13.9. The zero-order chi connectivity index (χ0) is 14.7. The normalized spacial score (nSPS) is 10.3. The van der Waals surface area contributed by atoms with Gasteiger partial charge in [-0.1, -0.05) is 0 Å². The topological polar surface area (TPSA) is 79.4 Å². The van der Waals surface area contributed by atoms with Gasteiger partial charge in [0, 0.05) is 23.5 Å². The second kappa shape index (κ2) is 5.64. The van der Waals surface area contributed by atoms with E-state index in [1.54, 1.807) is 26.2 Å². The Kier molecular flexibility index (Phi) is 3.93. The SMILES string of the molecule is COc1cc(N)cc(Cn2c(OC)nc(C)cc2=O)c1. The van der Waals surface area contributed by atoms with Crippen LogP contribution < -0.4 is 20.8 Å². The molecule has 106 valence electrons. The number of rotatable bonds is 4. The van der Waals surface area contributed by atoms with E-state index in [0.717, 1.165) is 5.56 Å². The van der Waals surface area contributed by atoms with Crippen molar-refractivity contribution in [3.63, 3.8) is 0 Å². The molecule has 1 heterocycles. The maximum atomic E-state index is 12.0. The van der Waals surface area contributed by atoms with E-state index in [1.807, 2.05) is 6.07 Å². The summed E-state index contributed by atoms with van der Waals surface area (Å²) < 4.78 is 11.8. The van der Waals surface area contributed by atoms with Gasteiger partial charge >= 0.3 is 0 Å². The Hall–Kier alpha value is -2.50. The van der Waals surface area contributed by atoms with Crippen LogP contribution in [-0.2, 0) is 6.54 Å². The Bertz CT molecular complexity index is 680. The minimum atomic E-state index is -0.171.